The average Bonchev–Trinajstić information content (AvgIpc) is 2.70. The predicted octanol–water partition coefficient (Wildman–Crippen LogP) is 4.48. The number of hydrogen-bond donors (Lipinski definition) is 1. The molecule has 2 nitrogen and oxygen atoms in total. The third kappa shape index (κ3) is 4.44. The standard InChI is InChI=1S/C18H29FN2/c1-4-16-8-6-5-7-11-21(16)18-10-9-15(12-17(18)19)13-20-14(2)3/h9-10,12,14,16,20H,4-8,11,13H2,1-3H3. The molecule has 1 fully saturated rings. The summed E-state index contributed by atoms with van der Waals surface area (Å²) in [6.45, 7) is 8.13. The minimum atomic E-state index is -0.0709. The number of hydrogen-bond acceptors (Lipinski definition) is 2. The van der Waals surface area contributed by atoms with Crippen LogP contribution in [0.4, 0.5) is 10.1 Å². The molecular formula is C18H29FN2. The number of benzene rings is 1. The Hall–Kier alpha value is -1.09. The van der Waals surface area contributed by atoms with Gasteiger partial charge in [0.1, 0.15) is 5.82 Å². The highest BCUT2D eigenvalue weighted by molar-refractivity contribution is 5.50. The molecule has 2 rings (SSSR count). The van der Waals surface area contributed by atoms with Crippen molar-refractivity contribution in [2.75, 3.05) is 11.4 Å². The van der Waals surface area contributed by atoms with E-state index < -0.39 is 0 Å². The Morgan fingerprint density at radius 3 is 2.76 bits per heavy atom. The van der Waals surface area contributed by atoms with E-state index in [9.17, 15) is 4.39 Å². The minimum absolute atomic E-state index is 0.0709. The third-order valence-electron chi connectivity index (χ3n) is 4.38. The third-order valence-corrected chi connectivity index (χ3v) is 4.38. The summed E-state index contributed by atoms with van der Waals surface area (Å²) < 4.78 is 14.5. The van der Waals surface area contributed by atoms with E-state index in [0.717, 1.165) is 30.8 Å². The molecular weight excluding hydrogens is 263 g/mol. The molecule has 3 heteroatoms. The van der Waals surface area contributed by atoms with Crippen molar-refractivity contribution in [3.05, 3.63) is 29.6 Å². The Bertz CT molecular complexity index is 445. The van der Waals surface area contributed by atoms with Gasteiger partial charge in [0.15, 0.2) is 0 Å². The Morgan fingerprint density at radius 1 is 1.29 bits per heavy atom. The highest BCUT2D eigenvalue weighted by Gasteiger charge is 2.22. The lowest BCUT2D eigenvalue weighted by Gasteiger charge is -2.32. The number of nitrogens with zero attached hydrogens (tertiary/aromatic N) is 1. The van der Waals surface area contributed by atoms with Crippen molar-refractivity contribution < 1.29 is 4.39 Å². The van der Waals surface area contributed by atoms with Crippen LogP contribution in [0, 0.1) is 5.82 Å². The van der Waals surface area contributed by atoms with Crippen LogP contribution in [0.2, 0.25) is 0 Å². The van der Waals surface area contributed by atoms with Crippen molar-refractivity contribution in [3.63, 3.8) is 0 Å². The van der Waals surface area contributed by atoms with Gasteiger partial charge in [0, 0.05) is 25.2 Å². The maximum Gasteiger partial charge on any atom is 0.146 e. The Morgan fingerprint density at radius 2 is 2.10 bits per heavy atom. The maximum atomic E-state index is 14.5. The van der Waals surface area contributed by atoms with Crippen molar-refractivity contribution >= 4 is 5.69 Å². The van der Waals surface area contributed by atoms with Crippen LogP contribution < -0.4 is 10.2 Å². The summed E-state index contributed by atoms with van der Waals surface area (Å²) in [6, 6.07) is 6.64. The summed E-state index contributed by atoms with van der Waals surface area (Å²) in [5.41, 5.74) is 1.81. The van der Waals surface area contributed by atoms with Gasteiger partial charge in [-0.05, 0) is 37.0 Å². The molecule has 0 bridgehead atoms. The Labute approximate surface area is 128 Å². The molecule has 0 spiro atoms. The van der Waals surface area contributed by atoms with Crippen molar-refractivity contribution in [3.8, 4) is 0 Å². The van der Waals surface area contributed by atoms with Crippen LogP contribution in [0.15, 0.2) is 18.2 Å². The second-order valence-corrected chi connectivity index (χ2v) is 6.43. The molecule has 1 aliphatic heterocycles. The van der Waals surface area contributed by atoms with Crippen LogP contribution in [0.25, 0.3) is 0 Å². The van der Waals surface area contributed by atoms with Crippen LogP contribution in [0.5, 0.6) is 0 Å². The normalized spacial score (nSPS) is 19.9. The molecule has 0 amide bonds. The molecule has 1 N–H and O–H groups in total. The van der Waals surface area contributed by atoms with Gasteiger partial charge in [-0.25, -0.2) is 4.39 Å². The molecule has 1 aromatic carbocycles. The summed E-state index contributed by atoms with van der Waals surface area (Å²) in [4.78, 5) is 2.29. The summed E-state index contributed by atoms with van der Waals surface area (Å²) >= 11 is 0. The van der Waals surface area contributed by atoms with Crippen molar-refractivity contribution in [1.29, 1.82) is 0 Å². The summed E-state index contributed by atoms with van der Waals surface area (Å²) in [7, 11) is 0. The van der Waals surface area contributed by atoms with E-state index in [1.807, 2.05) is 6.07 Å². The van der Waals surface area contributed by atoms with Crippen LogP contribution in [0.3, 0.4) is 0 Å². The van der Waals surface area contributed by atoms with Gasteiger partial charge in [0.05, 0.1) is 5.69 Å². The van der Waals surface area contributed by atoms with Gasteiger partial charge in [-0.3, -0.25) is 0 Å². The predicted molar refractivity (Wildman–Crippen MR) is 88.3 cm³/mol. The van der Waals surface area contributed by atoms with Gasteiger partial charge in [0.25, 0.3) is 0 Å². The first kappa shape index (κ1) is 16.3. The van der Waals surface area contributed by atoms with Gasteiger partial charge in [-0.1, -0.05) is 39.7 Å². The van der Waals surface area contributed by atoms with Crippen molar-refractivity contribution in [2.24, 2.45) is 0 Å². The minimum Gasteiger partial charge on any atom is -0.366 e. The molecule has 118 valence electrons. The largest absolute Gasteiger partial charge is 0.366 e. The highest BCUT2D eigenvalue weighted by Crippen LogP contribution is 2.28. The van der Waals surface area contributed by atoms with Gasteiger partial charge in [-0.2, -0.15) is 0 Å². The molecule has 1 unspecified atom stereocenters. The summed E-state index contributed by atoms with van der Waals surface area (Å²) in [5.74, 6) is -0.0709. The van der Waals surface area contributed by atoms with E-state index in [-0.39, 0.29) is 5.82 Å². The first-order chi connectivity index (χ1) is 10.1. The van der Waals surface area contributed by atoms with Crippen LogP contribution in [0.1, 0.15) is 58.4 Å². The van der Waals surface area contributed by atoms with Crippen LogP contribution >= 0.6 is 0 Å². The monoisotopic (exact) mass is 292 g/mol. The Kier molecular flexibility index (Phi) is 6.04. The fourth-order valence-electron chi connectivity index (χ4n) is 3.13. The van der Waals surface area contributed by atoms with Gasteiger partial charge >= 0.3 is 0 Å². The molecule has 1 aliphatic rings. The molecule has 21 heavy (non-hydrogen) atoms. The zero-order chi connectivity index (χ0) is 15.2. The molecule has 1 aromatic rings. The van der Waals surface area contributed by atoms with Crippen LogP contribution in [-0.4, -0.2) is 18.6 Å². The van der Waals surface area contributed by atoms with E-state index in [1.165, 1.54) is 25.7 Å². The molecule has 1 saturated heterocycles. The molecule has 1 atom stereocenters. The topological polar surface area (TPSA) is 15.3 Å². The van der Waals surface area contributed by atoms with Crippen molar-refractivity contribution in [1.82, 2.24) is 5.32 Å². The maximum absolute atomic E-state index is 14.5. The van der Waals surface area contributed by atoms with E-state index in [1.54, 1.807) is 6.07 Å². The summed E-state index contributed by atoms with van der Waals surface area (Å²) in [6.07, 6.45) is 5.99. The first-order valence-electron chi connectivity index (χ1n) is 8.40. The van der Waals surface area contributed by atoms with E-state index >= 15 is 0 Å². The number of rotatable bonds is 5. The van der Waals surface area contributed by atoms with Crippen molar-refractivity contribution in [2.45, 2.75) is 71.5 Å². The van der Waals surface area contributed by atoms with Gasteiger partial charge < -0.3 is 10.2 Å². The fraction of sp³-hybridized carbons (Fsp3) is 0.667. The van der Waals surface area contributed by atoms with Gasteiger partial charge in [-0.15, -0.1) is 0 Å². The molecule has 1 heterocycles. The van der Waals surface area contributed by atoms with E-state index in [4.69, 9.17) is 0 Å². The highest BCUT2D eigenvalue weighted by atomic mass is 19.1. The van der Waals surface area contributed by atoms with Gasteiger partial charge in [0.2, 0.25) is 0 Å². The lowest BCUT2D eigenvalue weighted by Crippen LogP contribution is -2.35. The Balaban J connectivity index is 2.14. The zero-order valence-corrected chi connectivity index (χ0v) is 13.7. The quantitative estimate of drug-likeness (QED) is 0.860. The molecule has 0 aromatic heterocycles. The number of anilines is 1. The number of nitrogens with one attached hydrogen (secondary N) is 1. The second-order valence-electron chi connectivity index (χ2n) is 6.43. The molecule has 0 aliphatic carbocycles. The second kappa shape index (κ2) is 7.79. The lowest BCUT2D eigenvalue weighted by molar-refractivity contribution is 0.538. The van der Waals surface area contributed by atoms with E-state index in [2.05, 4.69) is 37.1 Å². The summed E-state index contributed by atoms with van der Waals surface area (Å²) in [5, 5.41) is 3.34. The smallest absolute Gasteiger partial charge is 0.146 e. The number of halogens is 1. The SMILES string of the molecule is CCC1CCCCCN1c1ccc(CNC(C)C)cc1F. The van der Waals surface area contributed by atoms with Crippen LogP contribution in [-0.2, 0) is 6.54 Å². The molecule has 0 radical (unpaired) electrons. The lowest BCUT2D eigenvalue weighted by atomic mass is 10.1. The average molecular weight is 292 g/mol. The molecule has 0 saturated carbocycles. The van der Waals surface area contributed by atoms with E-state index in [0.29, 0.717) is 12.1 Å². The first-order valence-corrected chi connectivity index (χ1v) is 8.40. The zero-order valence-electron chi connectivity index (χ0n) is 13.7. The fourth-order valence-corrected chi connectivity index (χ4v) is 3.13.